The molecule has 0 spiro atoms. The van der Waals surface area contributed by atoms with Gasteiger partial charge in [0.05, 0.1) is 11.6 Å². The van der Waals surface area contributed by atoms with Crippen LogP contribution in [0.1, 0.15) is 30.5 Å². The minimum atomic E-state index is -0.139. The van der Waals surface area contributed by atoms with E-state index in [1.165, 1.54) is 86.6 Å². The third-order valence-electron chi connectivity index (χ3n) is 13.5. The SMILES string of the molecule is CC1(C)c2ccccc2-c2ccc(-c3nc(-c4ccccc4)nc(-c4ccc5c(c4)sc4cc(-c6ccc7c8c(ccc(-c9ccc(C#N)cc9)c68)-c6ccccc6-7)ccc45)n3)cc21. The Morgan fingerprint density at radius 3 is 1.53 bits per heavy atom. The van der Waals surface area contributed by atoms with Gasteiger partial charge in [0.15, 0.2) is 17.5 Å². The van der Waals surface area contributed by atoms with Crippen LogP contribution in [0.25, 0.3) is 121 Å². The molecular weight excluding hydrogens is 797 g/mol. The van der Waals surface area contributed by atoms with Crippen molar-refractivity contribution in [2.45, 2.75) is 19.3 Å². The lowest BCUT2D eigenvalue weighted by atomic mass is 9.82. The molecule has 0 radical (unpaired) electrons. The van der Waals surface area contributed by atoms with Crippen LogP contribution in [0, 0.1) is 11.3 Å². The highest BCUT2D eigenvalue weighted by Crippen LogP contribution is 2.53. The number of benzene rings is 9. The highest BCUT2D eigenvalue weighted by Gasteiger charge is 2.35. The Bertz CT molecular complexity index is 3790. The van der Waals surface area contributed by atoms with Crippen LogP contribution in [0.3, 0.4) is 0 Å². The lowest BCUT2D eigenvalue weighted by molar-refractivity contribution is 0.660. The summed E-state index contributed by atoms with van der Waals surface area (Å²) in [5.74, 6) is 1.96. The van der Waals surface area contributed by atoms with E-state index in [0.717, 1.165) is 27.8 Å². The van der Waals surface area contributed by atoms with Crippen LogP contribution in [-0.4, -0.2) is 15.0 Å². The van der Waals surface area contributed by atoms with E-state index in [9.17, 15) is 5.26 Å². The quantitative estimate of drug-likeness (QED) is 0.173. The van der Waals surface area contributed by atoms with E-state index in [4.69, 9.17) is 15.0 Å². The molecule has 11 aromatic rings. The Balaban J connectivity index is 0.941. The fourth-order valence-electron chi connectivity index (χ4n) is 10.4. The summed E-state index contributed by atoms with van der Waals surface area (Å²) in [7, 11) is 0. The van der Waals surface area contributed by atoms with Gasteiger partial charge in [-0.15, -0.1) is 11.3 Å². The maximum absolute atomic E-state index is 9.57. The number of rotatable bonds is 5. The van der Waals surface area contributed by atoms with Crippen LogP contribution in [-0.2, 0) is 5.41 Å². The molecule has 0 amide bonds. The summed E-state index contributed by atoms with van der Waals surface area (Å²) in [6, 6.07) is 67.3. The Labute approximate surface area is 374 Å². The van der Waals surface area contributed by atoms with Crippen molar-refractivity contribution in [1.82, 2.24) is 15.0 Å². The number of hydrogen-bond donors (Lipinski definition) is 0. The van der Waals surface area contributed by atoms with Gasteiger partial charge in [-0.2, -0.15) is 5.26 Å². The third kappa shape index (κ3) is 5.43. The minimum Gasteiger partial charge on any atom is -0.208 e. The molecule has 9 aromatic carbocycles. The topological polar surface area (TPSA) is 62.5 Å². The van der Waals surface area contributed by atoms with E-state index < -0.39 is 0 Å². The molecule has 2 aliphatic rings. The Hall–Kier alpha value is -8.04. The van der Waals surface area contributed by atoms with Crippen molar-refractivity contribution < 1.29 is 0 Å². The van der Waals surface area contributed by atoms with Crippen LogP contribution in [0.4, 0.5) is 0 Å². The summed E-state index contributed by atoms with van der Waals surface area (Å²) in [6.07, 6.45) is 0. The number of nitriles is 1. The van der Waals surface area contributed by atoms with Gasteiger partial charge >= 0.3 is 0 Å². The van der Waals surface area contributed by atoms with Crippen LogP contribution in [0.2, 0.25) is 0 Å². The monoisotopic (exact) mass is 832 g/mol. The van der Waals surface area contributed by atoms with Crippen molar-refractivity contribution in [3.8, 4) is 95.9 Å². The second-order valence-electron chi connectivity index (χ2n) is 17.4. The lowest BCUT2D eigenvalue weighted by Crippen LogP contribution is -2.15. The van der Waals surface area contributed by atoms with Crippen molar-refractivity contribution in [1.29, 1.82) is 5.26 Å². The molecule has 298 valence electrons. The van der Waals surface area contributed by atoms with Crippen molar-refractivity contribution in [3.63, 3.8) is 0 Å². The summed E-state index contributed by atoms with van der Waals surface area (Å²) in [4.78, 5) is 15.4. The van der Waals surface area contributed by atoms with Crippen LogP contribution >= 0.6 is 11.3 Å². The van der Waals surface area contributed by atoms with Gasteiger partial charge < -0.3 is 0 Å². The zero-order valence-electron chi connectivity index (χ0n) is 35.0. The smallest absolute Gasteiger partial charge is 0.164 e. The molecule has 5 heteroatoms. The average molecular weight is 833 g/mol. The summed E-state index contributed by atoms with van der Waals surface area (Å²) in [5.41, 5.74) is 18.3. The summed E-state index contributed by atoms with van der Waals surface area (Å²) in [5, 5.41) is 14.5. The van der Waals surface area contributed by atoms with Gasteiger partial charge in [-0.3, -0.25) is 0 Å². The average Bonchev–Trinajstić information content (AvgIpc) is 3.96. The number of hydrogen-bond acceptors (Lipinski definition) is 5. The molecule has 2 aromatic heterocycles. The molecule has 0 saturated heterocycles. The molecular formula is C59H36N4S. The molecule has 0 atom stereocenters. The van der Waals surface area contributed by atoms with E-state index in [1.54, 1.807) is 11.3 Å². The number of aromatic nitrogens is 3. The fraction of sp³-hybridized carbons (Fsp3) is 0.0508. The molecule has 64 heavy (non-hydrogen) atoms. The summed E-state index contributed by atoms with van der Waals surface area (Å²) >= 11 is 1.80. The predicted molar refractivity (Wildman–Crippen MR) is 264 cm³/mol. The van der Waals surface area contributed by atoms with Crippen molar-refractivity contribution >= 4 is 42.3 Å². The zero-order chi connectivity index (χ0) is 42.7. The largest absolute Gasteiger partial charge is 0.208 e. The summed E-state index contributed by atoms with van der Waals surface area (Å²) in [6.45, 7) is 4.61. The Morgan fingerprint density at radius 2 is 0.859 bits per heavy atom. The maximum atomic E-state index is 9.57. The number of fused-ring (bicyclic) bond motifs is 9. The molecule has 0 aliphatic heterocycles. The van der Waals surface area contributed by atoms with E-state index in [1.807, 2.05) is 30.3 Å². The molecule has 4 nitrogen and oxygen atoms in total. The van der Waals surface area contributed by atoms with Crippen LogP contribution in [0.15, 0.2) is 182 Å². The maximum Gasteiger partial charge on any atom is 0.164 e. The Morgan fingerprint density at radius 1 is 0.391 bits per heavy atom. The number of thiophene rings is 1. The molecule has 0 bridgehead atoms. The van der Waals surface area contributed by atoms with Crippen molar-refractivity contribution in [3.05, 3.63) is 199 Å². The first-order valence-corrected chi connectivity index (χ1v) is 22.5. The van der Waals surface area contributed by atoms with E-state index in [-0.39, 0.29) is 5.41 Å². The Kier molecular flexibility index (Phi) is 7.85. The van der Waals surface area contributed by atoms with E-state index >= 15 is 0 Å². The molecule has 0 unspecified atom stereocenters. The normalized spacial score (nSPS) is 13.0. The van der Waals surface area contributed by atoms with Gasteiger partial charge in [-0.05, 0) is 108 Å². The summed E-state index contributed by atoms with van der Waals surface area (Å²) < 4.78 is 2.40. The molecule has 0 fully saturated rings. The standard InChI is InChI=1S/C59H36N4S/c1-59(2)50-15-9-8-14-44(50)45-23-21-38(30-51(45)59)57-61-56(36-10-4-3-5-11-36)62-58(63-57)39-22-25-47-46-24-20-37(31-52(46)64-53(47)32-39)41-27-29-49-43-13-7-6-12-42(43)48-28-26-40(54(41)55(48)49)35-18-16-34(33-60)17-19-35/h3-32H,1-2H3. The fourth-order valence-corrected chi connectivity index (χ4v) is 11.6. The van der Waals surface area contributed by atoms with Gasteiger partial charge in [-0.25, -0.2) is 15.0 Å². The predicted octanol–water partition coefficient (Wildman–Crippen LogP) is 15.6. The highest BCUT2D eigenvalue weighted by molar-refractivity contribution is 7.25. The van der Waals surface area contributed by atoms with Gasteiger partial charge in [0.25, 0.3) is 0 Å². The van der Waals surface area contributed by atoms with Crippen molar-refractivity contribution in [2.24, 2.45) is 0 Å². The van der Waals surface area contributed by atoms with Gasteiger partial charge in [0, 0.05) is 42.3 Å². The van der Waals surface area contributed by atoms with Crippen molar-refractivity contribution in [2.75, 3.05) is 0 Å². The molecule has 0 saturated carbocycles. The zero-order valence-corrected chi connectivity index (χ0v) is 35.8. The molecule has 2 heterocycles. The minimum absolute atomic E-state index is 0.139. The third-order valence-corrected chi connectivity index (χ3v) is 14.7. The first kappa shape index (κ1) is 36.6. The highest BCUT2D eigenvalue weighted by atomic mass is 32.1. The number of nitrogens with zero attached hydrogens (tertiary/aromatic N) is 4. The second-order valence-corrected chi connectivity index (χ2v) is 18.5. The molecule has 2 aliphatic carbocycles. The van der Waals surface area contributed by atoms with Gasteiger partial charge in [0.1, 0.15) is 0 Å². The lowest BCUT2D eigenvalue weighted by Gasteiger charge is -2.21. The van der Waals surface area contributed by atoms with Crippen LogP contribution < -0.4 is 0 Å². The second kappa shape index (κ2) is 13.7. The first-order valence-electron chi connectivity index (χ1n) is 21.6. The molecule has 13 rings (SSSR count). The van der Waals surface area contributed by atoms with E-state index in [0.29, 0.717) is 23.0 Å². The van der Waals surface area contributed by atoms with Gasteiger partial charge in [0.2, 0.25) is 0 Å². The van der Waals surface area contributed by atoms with Crippen LogP contribution in [0.5, 0.6) is 0 Å². The first-order chi connectivity index (χ1) is 31.4. The van der Waals surface area contributed by atoms with E-state index in [2.05, 4.69) is 172 Å². The van der Waals surface area contributed by atoms with Gasteiger partial charge in [-0.1, -0.05) is 166 Å². The molecule has 0 N–H and O–H groups in total.